The Bertz CT molecular complexity index is 338. The number of unbranched alkanes of at least 4 members (excludes halogenated alkanes) is 3. The lowest BCUT2D eigenvalue weighted by Gasteiger charge is -2.11. The lowest BCUT2D eigenvalue weighted by molar-refractivity contribution is -0.143. The minimum atomic E-state index is -0.0895. The first-order valence-electron chi connectivity index (χ1n) is 9.49. The van der Waals surface area contributed by atoms with Gasteiger partial charge in [-0.1, -0.05) is 12.8 Å². The highest BCUT2D eigenvalue weighted by molar-refractivity contribution is 5.79. The minimum Gasteiger partial charge on any atom is -0.466 e. The van der Waals surface area contributed by atoms with Crippen LogP contribution < -0.4 is 10.6 Å². The van der Waals surface area contributed by atoms with E-state index in [1.165, 1.54) is 0 Å². The van der Waals surface area contributed by atoms with Crippen molar-refractivity contribution in [3.8, 4) is 0 Å². The van der Waals surface area contributed by atoms with E-state index < -0.39 is 0 Å². The van der Waals surface area contributed by atoms with Crippen LogP contribution in [0.2, 0.25) is 0 Å². The van der Waals surface area contributed by atoms with Gasteiger partial charge in [-0.3, -0.25) is 9.79 Å². The fraction of sp³-hybridized carbons (Fsp3) is 0.889. The Morgan fingerprint density at radius 2 is 1.76 bits per heavy atom. The predicted molar refractivity (Wildman–Crippen MR) is 101 cm³/mol. The summed E-state index contributed by atoms with van der Waals surface area (Å²) in [7, 11) is 1.67. The van der Waals surface area contributed by atoms with E-state index in [0.717, 1.165) is 57.7 Å². The molecule has 0 unspecified atom stereocenters. The monoisotopic (exact) mass is 359 g/mol. The van der Waals surface area contributed by atoms with Crippen molar-refractivity contribution >= 4 is 11.9 Å². The van der Waals surface area contributed by atoms with Gasteiger partial charge in [0.25, 0.3) is 0 Å². The maximum atomic E-state index is 11.2. The van der Waals surface area contributed by atoms with Gasteiger partial charge >= 0.3 is 5.97 Å². The molecule has 0 saturated heterocycles. The minimum absolute atomic E-state index is 0.0895. The average Bonchev–Trinajstić information content (AvgIpc) is 2.60. The van der Waals surface area contributed by atoms with Crippen LogP contribution in [0.25, 0.3) is 0 Å². The van der Waals surface area contributed by atoms with Crippen LogP contribution in [0.5, 0.6) is 0 Å². The highest BCUT2D eigenvalue weighted by atomic mass is 16.5. The molecule has 0 spiro atoms. The molecule has 0 aliphatic rings. The number of nitrogens with one attached hydrogen (secondary N) is 2. The van der Waals surface area contributed by atoms with Gasteiger partial charge in [0.15, 0.2) is 5.96 Å². The molecule has 0 atom stereocenters. The summed E-state index contributed by atoms with van der Waals surface area (Å²) < 4.78 is 15.3. The Hall–Kier alpha value is -1.34. The summed E-state index contributed by atoms with van der Waals surface area (Å²) in [6.07, 6.45) is 5.53. The Kier molecular flexibility index (Phi) is 18.0. The lowest BCUT2D eigenvalue weighted by atomic mass is 10.1. The Labute approximate surface area is 152 Å². The van der Waals surface area contributed by atoms with E-state index in [9.17, 15) is 4.79 Å². The quantitative estimate of drug-likeness (QED) is 0.190. The van der Waals surface area contributed by atoms with Crippen molar-refractivity contribution in [2.24, 2.45) is 4.99 Å². The smallest absolute Gasteiger partial charge is 0.305 e. The zero-order valence-electron chi connectivity index (χ0n) is 16.3. The van der Waals surface area contributed by atoms with Crippen molar-refractivity contribution in [2.75, 3.05) is 53.2 Å². The van der Waals surface area contributed by atoms with Crippen LogP contribution in [-0.2, 0) is 19.0 Å². The van der Waals surface area contributed by atoms with E-state index in [1.807, 2.05) is 6.92 Å². The third-order valence-corrected chi connectivity index (χ3v) is 3.40. The van der Waals surface area contributed by atoms with Gasteiger partial charge < -0.3 is 24.8 Å². The summed E-state index contributed by atoms with van der Waals surface area (Å²) in [5.41, 5.74) is 0. The number of esters is 1. The zero-order valence-corrected chi connectivity index (χ0v) is 16.3. The van der Waals surface area contributed by atoms with Crippen molar-refractivity contribution in [3.05, 3.63) is 0 Å². The van der Waals surface area contributed by atoms with Gasteiger partial charge in [-0.2, -0.15) is 0 Å². The standard InChI is InChI=1S/C18H37N3O4/c1-4-19-18(21-13-10-14-24-16-15-23-3)20-12-9-7-6-8-11-17(22)25-5-2/h4-16H2,1-3H3,(H2,19,20,21). The summed E-state index contributed by atoms with van der Waals surface area (Å²) in [6.45, 7) is 8.79. The number of rotatable bonds is 16. The van der Waals surface area contributed by atoms with Crippen LogP contribution in [0, 0.1) is 0 Å². The number of hydrogen-bond acceptors (Lipinski definition) is 5. The third kappa shape index (κ3) is 17.3. The van der Waals surface area contributed by atoms with Crippen molar-refractivity contribution in [1.29, 1.82) is 0 Å². The highest BCUT2D eigenvalue weighted by Crippen LogP contribution is 2.03. The summed E-state index contributed by atoms with van der Waals surface area (Å²) >= 11 is 0. The number of methoxy groups -OCH3 is 1. The van der Waals surface area contributed by atoms with Gasteiger partial charge in [-0.25, -0.2) is 0 Å². The molecule has 0 aromatic carbocycles. The number of carbonyl (C=O) groups is 1. The number of ether oxygens (including phenoxy) is 3. The van der Waals surface area contributed by atoms with Crippen molar-refractivity contribution in [1.82, 2.24) is 10.6 Å². The molecule has 7 heteroatoms. The van der Waals surface area contributed by atoms with E-state index >= 15 is 0 Å². The van der Waals surface area contributed by atoms with Crippen LogP contribution in [0.15, 0.2) is 4.99 Å². The molecule has 0 aliphatic heterocycles. The van der Waals surface area contributed by atoms with Crippen molar-refractivity contribution in [3.63, 3.8) is 0 Å². The van der Waals surface area contributed by atoms with Gasteiger partial charge in [0.05, 0.1) is 19.8 Å². The van der Waals surface area contributed by atoms with E-state index in [0.29, 0.717) is 32.8 Å². The largest absolute Gasteiger partial charge is 0.466 e. The molecule has 0 rings (SSSR count). The molecule has 2 N–H and O–H groups in total. The molecule has 0 aliphatic carbocycles. The normalized spacial score (nSPS) is 11.4. The maximum Gasteiger partial charge on any atom is 0.305 e. The molecule has 25 heavy (non-hydrogen) atoms. The van der Waals surface area contributed by atoms with Gasteiger partial charge in [0, 0.05) is 39.8 Å². The molecule has 0 fully saturated rings. The Morgan fingerprint density at radius 1 is 0.960 bits per heavy atom. The zero-order chi connectivity index (χ0) is 18.6. The van der Waals surface area contributed by atoms with Gasteiger partial charge in [-0.15, -0.1) is 0 Å². The molecule has 0 aromatic heterocycles. The van der Waals surface area contributed by atoms with E-state index in [1.54, 1.807) is 7.11 Å². The highest BCUT2D eigenvalue weighted by Gasteiger charge is 2.01. The molecule has 0 aromatic rings. The molecule has 0 bridgehead atoms. The van der Waals surface area contributed by atoms with E-state index in [2.05, 4.69) is 22.5 Å². The van der Waals surface area contributed by atoms with Crippen molar-refractivity contribution in [2.45, 2.75) is 52.4 Å². The first-order chi connectivity index (χ1) is 12.2. The predicted octanol–water partition coefficient (Wildman–Crippen LogP) is 2.11. The molecular formula is C18H37N3O4. The van der Waals surface area contributed by atoms with Gasteiger partial charge in [0.1, 0.15) is 0 Å². The van der Waals surface area contributed by atoms with Crippen LogP contribution in [0.4, 0.5) is 0 Å². The fourth-order valence-corrected chi connectivity index (χ4v) is 2.13. The molecule has 148 valence electrons. The Morgan fingerprint density at radius 3 is 2.48 bits per heavy atom. The molecule has 0 heterocycles. The molecule has 0 amide bonds. The molecule has 7 nitrogen and oxygen atoms in total. The second-order valence-electron chi connectivity index (χ2n) is 5.62. The maximum absolute atomic E-state index is 11.2. The molecular weight excluding hydrogens is 322 g/mol. The number of guanidine groups is 1. The van der Waals surface area contributed by atoms with Crippen LogP contribution in [0.1, 0.15) is 52.4 Å². The number of nitrogens with zero attached hydrogens (tertiary/aromatic N) is 1. The Balaban J connectivity index is 3.64. The van der Waals surface area contributed by atoms with E-state index in [-0.39, 0.29) is 5.97 Å². The van der Waals surface area contributed by atoms with E-state index in [4.69, 9.17) is 14.2 Å². The van der Waals surface area contributed by atoms with Gasteiger partial charge in [-0.05, 0) is 33.1 Å². The number of hydrogen-bond donors (Lipinski definition) is 2. The summed E-state index contributed by atoms with van der Waals surface area (Å²) in [5.74, 6) is 0.763. The average molecular weight is 360 g/mol. The molecule has 0 saturated carbocycles. The third-order valence-electron chi connectivity index (χ3n) is 3.40. The van der Waals surface area contributed by atoms with Crippen molar-refractivity contribution < 1.29 is 19.0 Å². The number of carbonyl (C=O) groups excluding carboxylic acids is 1. The summed E-state index contributed by atoms with van der Waals surface area (Å²) in [6, 6.07) is 0. The van der Waals surface area contributed by atoms with Crippen LogP contribution in [0.3, 0.4) is 0 Å². The topological polar surface area (TPSA) is 81.2 Å². The first-order valence-corrected chi connectivity index (χ1v) is 9.49. The lowest BCUT2D eigenvalue weighted by Crippen LogP contribution is -2.37. The second-order valence-corrected chi connectivity index (χ2v) is 5.62. The summed E-state index contributed by atoms with van der Waals surface area (Å²) in [5, 5.41) is 6.58. The van der Waals surface area contributed by atoms with Crippen LogP contribution in [-0.4, -0.2) is 65.1 Å². The molecule has 0 radical (unpaired) electrons. The first kappa shape index (κ1) is 23.7. The van der Waals surface area contributed by atoms with Gasteiger partial charge in [0.2, 0.25) is 0 Å². The summed E-state index contributed by atoms with van der Waals surface area (Å²) in [4.78, 5) is 15.7. The second kappa shape index (κ2) is 19.0. The SMILES string of the molecule is CCNC(=NCCCOCCOC)NCCCCCCC(=O)OCC. The van der Waals surface area contributed by atoms with Crippen LogP contribution >= 0.6 is 0 Å². The fourth-order valence-electron chi connectivity index (χ4n) is 2.13. The number of aliphatic imine (C=N–C) groups is 1.